The third-order valence-corrected chi connectivity index (χ3v) is 3.13. The summed E-state index contributed by atoms with van der Waals surface area (Å²) in [6.45, 7) is 3.93. The molecule has 2 rings (SSSR count). The molecule has 0 aromatic heterocycles. The summed E-state index contributed by atoms with van der Waals surface area (Å²) in [6.07, 6.45) is 7.08. The van der Waals surface area contributed by atoms with Gasteiger partial charge in [0, 0.05) is 11.3 Å². The van der Waals surface area contributed by atoms with Gasteiger partial charge in [0.15, 0.2) is 0 Å². The number of rotatable bonds is 4. The fourth-order valence-corrected chi connectivity index (χ4v) is 1.92. The van der Waals surface area contributed by atoms with E-state index in [1.54, 1.807) is 30.3 Å². The van der Waals surface area contributed by atoms with E-state index in [4.69, 9.17) is 0 Å². The SMILES string of the molecule is CC(C)=CCc1c(O)cc([C-]=Cc2[c-]cc(O)cc2)cc1O.[U+2]. The first-order chi connectivity index (χ1) is 10.5. The van der Waals surface area contributed by atoms with Crippen molar-refractivity contribution in [2.75, 3.05) is 0 Å². The van der Waals surface area contributed by atoms with Gasteiger partial charge in [0.05, 0.1) is 11.5 Å². The number of phenols is 3. The molecule has 0 aliphatic heterocycles. The maximum Gasteiger partial charge on any atom is 2.00 e. The van der Waals surface area contributed by atoms with Crippen LogP contribution in [0.25, 0.3) is 6.08 Å². The zero-order valence-corrected chi connectivity index (χ0v) is 17.3. The van der Waals surface area contributed by atoms with Gasteiger partial charge >= 0.3 is 31.1 Å². The van der Waals surface area contributed by atoms with Gasteiger partial charge < -0.3 is 15.3 Å². The molecule has 0 saturated heterocycles. The van der Waals surface area contributed by atoms with Crippen molar-refractivity contribution in [1.29, 1.82) is 0 Å². The van der Waals surface area contributed by atoms with E-state index in [2.05, 4.69) is 12.1 Å². The fraction of sp³-hybridized carbons (Fsp3) is 0.158. The first-order valence-electron chi connectivity index (χ1n) is 6.94. The van der Waals surface area contributed by atoms with Crippen molar-refractivity contribution < 1.29 is 46.4 Å². The van der Waals surface area contributed by atoms with E-state index in [1.807, 2.05) is 19.9 Å². The van der Waals surface area contributed by atoms with Crippen LogP contribution in [0.5, 0.6) is 17.2 Å². The molecule has 0 bridgehead atoms. The second kappa shape index (κ2) is 8.86. The maximum absolute atomic E-state index is 10.0. The Hall–Kier alpha value is -1.63. The van der Waals surface area contributed by atoms with E-state index in [9.17, 15) is 15.3 Å². The fourth-order valence-electron chi connectivity index (χ4n) is 1.92. The van der Waals surface area contributed by atoms with Gasteiger partial charge in [0.2, 0.25) is 0 Å². The van der Waals surface area contributed by atoms with E-state index < -0.39 is 0 Å². The van der Waals surface area contributed by atoms with Crippen molar-refractivity contribution >= 4 is 6.08 Å². The Bertz CT molecular complexity index is 689. The van der Waals surface area contributed by atoms with Crippen LogP contribution in [0.3, 0.4) is 0 Å². The van der Waals surface area contributed by atoms with Crippen molar-refractivity contribution in [2.24, 2.45) is 0 Å². The minimum atomic E-state index is 0. The van der Waals surface area contributed by atoms with Crippen LogP contribution in [0, 0.1) is 43.3 Å². The van der Waals surface area contributed by atoms with Crippen molar-refractivity contribution in [3.8, 4) is 17.2 Å². The van der Waals surface area contributed by atoms with Crippen LogP contribution in [0.4, 0.5) is 0 Å². The van der Waals surface area contributed by atoms with Gasteiger partial charge in [-0.15, -0.1) is 12.1 Å². The Kier molecular flexibility index (Phi) is 7.48. The minimum Gasteiger partial charge on any atom is -0.551 e. The number of hydrogen-bond acceptors (Lipinski definition) is 3. The van der Waals surface area contributed by atoms with E-state index in [0.29, 0.717) is 17.5 Å². The van der Waals surface area contributed by atoms with Crippen LogP contribution in [0.2, 0.25) is 0 Å². The zero-order chi connectivity index (χ0) is 16.1. The number of benzene rings is 2. The maximum atomic E-state index is 10.0. The Balaban J connectivity index is 0.00000264. The molecular weight excluding hydrogens is 514 g/mol. The van der Waals surface area contributed by atoms with E-state index in [1.165, 1.54) is 6.07 Å². The van der Waals surface area contributed by atoms with E-state index >= 15 is 0 Å². The molecule has 0 spiro atoms. The van der Waals surface area contributed by atoms with Crippen molar-refractivity contribution in [1.82, 2.24) is 0 Å². The van der Waals surface area contributed by atoms with Crippen molar-refractivity contribution in [3.63, 3.8) is 0 Å². The molecule has 0 aliphatic carbocycles. The first kappa shape index (κ1) is 19.4. The molecule has 0 aliphatic rings. The molecule has 0 radical (unpaired) electrons. The first-order valence-corrected chi connectivity index (χ1v) is 6.94. The average molecular weight is 532 g/mol. The van der Waals surface area contributed by atoms with Gasteiger partial charge in [-0.25, -0.2) is 11.6 Å². The normalized spacial score (nSPS) is 10.3. The smallest absolute Gasteiger partial charge is 0.551 e. The van der Waals surface area contributed by atoms with Crippen LogP contribution < -0.4 is 0 Å². The summed E-state index contributed by atoms with van der Waals surface area (Å²) in [5.41, 5.74) is 2.93. The van der Waals surface area contributed by atoms with E-state index in [-0.39, 0.29) is 48.4 Å². The Morgan fingerprint density at radius 1 is 1.13 bits per heavy atom. The monoisotopic (exact) mass is 532 g/mol. The summed E-state index contributed by atoms with van der Waals surface area (Å²) in [6, 6.07) is 10.7. The zero-order valence-electron chi connectivity index (χ0n) is 13.1. The van der Waals surface area contributed by atoms with Gasteiger partial charge in [-0.05, 0) is 20.3 Å². The Labute approximate surface area is 160 Å². The molecule has 0 amide bonds. The topological polar surface area (TPSA) is 60.7 Å². The molecule has 23 heavy (non-hydrogen) atoms. The third-order valence-electron chi connectivity index (χ3n) is 3.13. The largest absolute Gasteiger partial charge is 2.00 e. The Morgan fingerprint density at radius 2 is 1.78 bits per heavy atom. The molecule has 116 valence electrons. The standard InChI is InChI=1S/C19H18O3.U/c1-13(2)3-10-17-18(21)11-15(12-19(17)22)5-4-14-6-8-16(20)9-7-14;/h3-4,6,8-9,11-12,20-22H,10H2,1-2H3;/q-2;+2. The molecule has 3 nitrogen and oxygen atoms in total. The third kappa shape index (κ3) is 5.82. The molecule has 0 saturated carbocycles. The summed E-state index contributed by atoms with van der Waals surface area (Å²) in [4.78, 5) is 0. The van der Waals surface area contributed by atoms with Gasteiger partial charge in [-0.2, -0.15) is 23.8 Å². The summed E-state index contributed by atoms with van der Waals surface area (Å²) in [5.74, 6) is 0.238. The quantitative estimate of drug-likeness (QED) is 0.318. The van der Waals surface area contributed by atoms with Gasteiger partial charge in [-0.3, -0.25) is 0 Å². The molecule has 0 unspecified atom stereocenters. The molecule has 3 N–H and O–H groups in total. The Morgan fingerprint density at radius 3 is 2.30 bits per heavy atom. The van der Waals surface area contributed by atoms with Crippen LogP contribution in [-0.4, -0.2) is 15.3 Å². The van der Waals surface area contributed by atoms with Crippen LogP contribution >= 0.6 is 0 Å². The second-order valence-corrected chi connectivity index (χ2v) is 5.27. The number of allylic oxidation sites excluding steroid dienone is 2. The predicted molar refractivity (Wildman–Crippen MR) is 86.7 cm³/mol. The van der Waals surface area contributed by atoms with Crippen molar-refractivity contribution in [2.45, 2.75) is 20.3 Å². The molecule has 0 fully saturated rings. The second-order valence-electron chi connectivity index (χ2n) is 5.27. The van der Waals surface area contributed by atoms with E-state index in [0.717, 1.165) is 11.1 Å². The van der Waals surface area contributed by atoms with Gasteiger partial charge in [0.25, 0.3) is 0 Å². The molecule has 0 heterocycles. The van der Waals surface area contributed by atoms with Gasteiger partial charge in [-0.1, -0.05) is 23.8 Å². The number of hydrogen-bond donors (Lipinski definition) is 3. The predicted octanol–water partition coefficient (Wildman–Crippen LogP) is 3.98. The molecule has 2 aromatic rings. The van der Waals surface area contributed by atoms with Crippen LogP contribution in [0.15, 0.2) is 42.0 Å². The average Bonchev–Trinajstić information content (AvgIpc) is 2.45. The van der Waals surface area contributed by atoms with Crippen molar-refractivity contribution in [3.05, 3.63) is 70.8 Å². The summed E-state index contributed by atoms with van der Waals surface area (Å²) in [7, 11) is 0. The number of phenolic OH excluding ortho intramolecular Hbond substituents is 3. The molecular formula is C19H18O3U. The summed E-state index contributed by atoms with van der Waals surface area (Å²) in [5, 5.41) is 29.3. The minimum absolute atomic E-state index is 0. The van der Waals surface area contributed by atoms with Crippen LogP contribution in [0.1, 0.15) is 30.5 Å². The summed E-state index contributed by atoms with van der Waals surface area (Å²) < 4.78 is 0. The molecule has 0 atom stereocenters. The van der Waals surface area contributed by atoms with Crippen LogP contribution in [-0.2, 0) is 6.42 Å². The number of aromatic hydroxyl groups is 3. The molecule has 2 aromatic carbocycles. The summed E-state index contributed by atoms with van der Waals surface area (Å²) >= 11 is 0. The molecule has 4 heteroatoms. The van der Waals surface area contributed by atoms with Gasteiger partial charge in [0.1, 0.15) is 0 Å².